The van der Waals surface area contributed by atoms with Gasteiger partial charge in [-0.25, -0.2) is 0 Å². The Morgan fingerprint density at radius 2 is 1.91 bits per heavy atom. The third kappa shape index (κ3) is 5.91. The predicted octanol–water partition coefficient (Wildman–Crippen LogP) is 4.82. The van der Waals surface area contributed by atoms with Gasteiger partial charge in [0, 0.05) is 34.5 Å². The Kier molecular flexibility index (Phi) is 7.54. The Morgan fingerprint density at radius 1 is 1.14 bits per heavy atom. The number of hydrogen-bond donors (Lipinski definition) is 2. The molecule has 0 aliphatic carbocycles. The van der Waals surface area contributed by atoms with Crippen LogP contribution in [0.5, 0.6) is 0 Å². The molecule has 1 aromatic heterocycles. The fourth-order valence-corrected chi connectivity index (χ4v) is 5.75. The standard InChI is InChI=1S/C26H24N4O3S2/c1-16-6-8-18(9-7-16)25(33)28-19-4-3-5-20(12-19)34-15-24(32)29-26-22(13-27)21-10-11-30(17(2)31)14-23(21)35-26/h3-9,12H,10-11,14-15H2,1-2H3,(H,28,33)(H,29,32). The number of aryl methyl sites for hydroxylation is 1. The van der Waals surface area contributed by atoms with E-state index in [0.717, 1.165) is 20.9 Å². The lowest BCUT2D eigenvalue weighted by Gasteiger charge is -2.25. The van der Waals surface area contributed by atoms with Gasteiger partial charge in [-0.1, -0.05) is 23.8 Å². The molecule has 0 saturated heterocycles. The van der Waals surface area contributed by atoms with Crippen LogP contribution in [0.1, 0.15) is 38.8 Å². The number of nitriles is 1. The summed E-state index contributed by atoms with van der Waals surface area (Å²) in [5.74, 6) is -0.258. The van der Waals surface area contributed by atoms with Crippen molar-refractivity contribution in [3.63, 3.8) is 0 Å². The number of carbonyl (C=O) groups is 3. The molecule has 0 radical (unpaired) electrons. The zero-order valence-corrected chi connectivity index (χ0v) is 21.0. The van der Waals surface area contributed by atoms with Gasteiger partial charge in [0.2, 0.25) is 11.8 Å². The maximum Gasteiger partial charge on any atom is 0.255 e. The van der Waals surface area contributed by atoms with Crippen molar-refractivity contribution in [3.05, 3.63) is 75.7 Å². The van der Waals surface area contributed by atoms with E-state index in [-0.39, 0.29) is 23.5 Å². The first-order valence-corrected chi connectivity index (χ1v) is 12.8. The zero-order chi connectivity index (χ0) is 24.9. The van der Waals surface area contributed by atoms with Crippen molar-refractivity contribution in [3.8, 4) is 6.07 Å². The minimum Gasteiger partial charge on any atom is -0.337 e. The van der Waals surface area contributed by atoms with E-state index in [2.05, 4.69) is 16.7 Å². The Morgan fingerprint density at radius 3 is 2.63 bits per heavy atom. The van der Waals surface area contributed by atoms with Crippen LogP contribution in [0.25, 0.3) is 0 Å². The van der Waals surface area contributed by atoms with Gasteiger partial charge in [-0.3, -0.25) is 14.4 Å². The van der Waals surface area contributed by atoms with Gasteiger partial charge in [0.05, 0.1) is 17.9 Å². The second-order valence-electron chi connectivity index (χ2n) is 8.20. The molecule has 178 valence electrons. The lowest BCUT2D eigenvalue weighted by atomic mass is 10.0. The molecule has 9 heteroatoms. The molecule has 3 amide bonds. The summed E-state index contributed by atoms with van der Waals surface area (Å²) in [6.07, 6.45) is 0.611. The van der Waals surface area contributed by atoms with Gasteiger partial charge in [0.25, 0.3) is 5.91 Å². The average Bonchev–Trinajstić information content (AvgIpc) is 3.19. The number of benzene rings is 2. The third-order valence-electron chi connectivity index (χ3n) is 5.64. The summed E-state index contributed by atoms with van der Waals surface area (Å²) in [5, 5.41) is 15.9. The van der Waals surface area contributed by atoms with Crippen molar-refractivity contribution >= 4 is 51.5 Å². The van der Waals surface area contributed by atoms with Gasteiger partial charge >= 0.3 is 0 Å². The first-order valence-electron chi connectivity index (χ1n) is 11.0. The molecule has 1 aliphatic heterocycles. The molecule has 2 N–H and O–H groups in total. The zero-order valence-electron chi connectivity index (χ0n) is 19.4. The fourth-order valence-electron chi connectivity index (χ4n) is 3.76. The molecule has 0 bridgehead atoms. The fraction of sp³-hybridized carbons (Fsp3) is 0.231. The largest absolute Gasteiger partial charge is 0.337 e. The smallest absolute Gasteiger partial charge is 0.255 e. The number of thiophene rings is 1. The highest BCUT2D eigenvalue weighted by molar-refractivity contribution is 8.00. The van der Waals surface area contributed by atoms with E-state index in [0.29, 0.717) is 41.3 Å². The molecule has 4 rings (SSSR count). The Balaban J connectivity index is 1.36. The van der Waals surface area contributed by atoms with Crippen LogP contribution in [0.2, 0.25) is 0 Å². The monoisotopic (exact) mass is 504 g/mol. The van der Waals surface area contributed by atoms with Gasteiger partial charge < -0.3 is 15.5 Å². The van der Waals surface area contributed by atoms with Crippen LogP contribution in [0.3, 0.4) is 0 Å². The molecule has 1 aliphatic rings. The highest BCUT2D eigenvalue weighted by Crippen LogP contribution is 2.37. The molecule has 0 saturated carbocycles. The van der Waals surface area contributed by atoms with Crippen LogP contribution < -0.4 is 10.6 Å². The number of carbonyl (C=O) groups excluding carboxylic acids is 3. The summed E-state index contributed by atoms with van der Waals surface area (Å²) >= 11 is 2.71. The molecular weight excluding hydrogens is 480 g/mol. The lowest BCUT2D eigenvalue weighted by molar-refractivity contribution is -0.129. The summed E-state index contributed by atoms with van der Waals surface area (Å²) in [6.45, 7) is 4.55. The van der Waals surface area contributed by atoms with Gasteiger partial charge in [0.1, 0.15) is 11.1 Å². The number of anilines is 2. The van der Waals surface area contributed by atoms with Crippen LogP contribution in [0.15, 0.2) is 53.4 Å². The number of fused-ring (bicyclic) bond motifs is 1. The number of nitrogens with zero attached hydrogens (tertiary/aromatic N) is 2. The van der Waals surface area contributed by atoms with E-state index in [4.69, 9.17) is 0 Å². The van der Waals surface area contributed by atoms with Crippen LogP contribution >= 0.6 is 23.1 Å². The molecule has 0 spiro atoms. The molecule has 3 aromatic rings. The van der Waals surface area contributed by atoms with Crippen molar-refractivity contribution in [1.29, 1.82) is 5.26 Å². The minimum atomic E-state index is -0.220. The van der Waals surface area contributed by atoms with E-state index >= 15 is 0 Å². The van der Waals surface area contributed by atoms with E-state index in [1.54, 1.807) is 23.1 Å². The molecule has 2 aromatic carbocycles. The van der Waals surface area contributed by atoms with Crippen LogP contribution in [-0.2, 0) is 22.6 Å². The molecule has 35 heavy (non-hydrogen) atoms. The Labute approximate surface area is 212 Å². The van der Waals surface area contributed by atoms with Crippen LogP contribution in [0, 0.1) is 18.3 Å². The number of rotatable bonds is 6. The van der Waals surface area contributed by atoms with E-state index < -0.39 is 0 Å². The highest BCUT2D eigenvalue weighted by atomic mass is 32.2. The van der Waals surface area contributed by atoms with Crippen molar-refractivity contribution in [2.24, 2.45) is 0 Å². The first kappa shape index (κ1) is 24.5. The summed E-state index contributed by atoms with van der Waals surface area (Å²) in [6, 6.07) is 16.9. The second kappa shape index (κ2) is 10.8. The Hall–Kier alpha value is -3.61. The van der Waals surface area contributed by atoms with Crippen molar-refractivity contribution < 1.29 is 14.4 Å². The normalized spacial score (nSPS) is 12.4. The summed E-state index contributed by atoms with van der Waals surface area (Å²) in [7, 11) is 0. The summed E-state index contributed by atoms with van der Waals surface area (Å²) < 4.78 is 0. The van der Waals surface area contributed by atoms with E-state index in [9.17, 15) is 19.6 Å². The topological polar surface area (TPSA) is 102 Å². The molecular formula is C26H24N4O3S2. The van der Waals surface area contributed by atoms with Gasteiger partial charge in [-0.15, -0.1) is 23.1 Å². The number of thioether (sulfide) groups is 1. The van der Waals surface area contributed by atoms with Crippen LogP contribution in [0.4, 0.5) is 10.7 Å². The van der Waals surface area contributed by atoms with Crippen molar-refractivity contribution in [2.75, 3.05) is 22.9 Å². The first-order chi connectivity index (χ1) is 16.8. The number of hydrogen-bond acceptors (Lipinski definition) is 6. The summed E-state index contributed by atoms with van der Waals surface area (Å²) in [4.78, 5) is 40.4. The van der Waals surface area contributed by atoms with Gasteiger partial charge in [-0.2, -0.15) is 5.26 Å². The van der Waals surface area contributed by atoms with Gasteiger partial charge in [-0.05, 0) is 49.2 Å². The van der Waals surface area contributed by atoms with Crippen molar-refractivity contribution in [2.45, 2.75) is 31.7 Å². The average molecular weight is 505 g/mol. The van der Waals surface area contributed by atoms with Crippen LogP contribution in [-0.4, -0.2) is 34.9 Å². The Bertz CT molecular complexity index is 1330. The quantitative estimate of drug-likeness (QED) is 0.469. The number of nitrogens with one attached hydrogen (secondary N) is 2. The molecule has 0 fully saturated rings. The number of amides is 3. The molecule has 0 atom stereocenters. The maximum absolute atomic E-state index is 12.6. The van der Waals surface area contributed by atoms with Crippen molar-refractivity contribution in [1.82, 2.24) is 4.90 Å². The molecule has 7 nitrogen and oxygen atoms in total. The maximum atomic E-state index is 12.6. The minimum absolute atomic E-state index is 0.00169. The third-order valence-corrected chi connectivity index (χ3v) is 7.77. The summed E-state index contributed by atoms with van der Waals surface area (Å²) in [5.41, 5.74) is 3.73. The molecule has 0 unspecified atom stereocenters. The SMILES string of the molecule is CC(=O)N1CCc2c(sc(NC(=O)CSc3cccc(NC(=O)c4ccc(C)cc4)c3)c2C#N)C1. The van der Waals surface area contributed by atoms with Gasteiger partial charge in [0.15, 0.2) is 0 Å². The van der Waals surface area contributed by atoms with E-state index in [1.807, 2.05) is 37.3 Å². The second-order valence-corrected chi connectivity index (χ2v) is 10.3. The lowest BCUT2D eigenvalue weighted by Crippen LogP contribution is -2.33. The molecule has 2 heterocycles. The van der Waals surface area contributed by atoms with E-state index in [1.165, 1.54) is 30.0 Å². The highest BCUT2D eigenvalue weighted by Gasteiger charge is 2.26. The predicted molar refractivity (Wildman–Crippen MR) is 139 cm³/mol.